The first-order valence-electron chi connectivity index (χ1n) is 5.39. The Hall–Kier alpha value is -2.19. The summed E-state index contributed by atoms with van der Waals surface area (Å²) in [6.07, 6.45) is -9.46. The minimum atomic E-state index is -4.98. The highest BCUT2D eigenvalue weighted by Crippen LogP contribution is 2.24. The molecule has 0 fully saturated rings. The van der Waals surface area contributed by atoms with Crippen LogP contribution in [0, 0.1) is 0 Å². The molecule has 21 heavy (non-hydrogen) atoms. The third kappa shape index (κ3) is 6.19. The maximum absolute atomic E-state index is 12.0. The maximum atomic E-state index is 12.0. The zero-order valence-corrected chi connectivity index (χ0v) is 10.5. The van der Waals surface area contributed by atoms with Gasteiger partial charge in [0.15, 0.2) is 0 Å². The first-order valence-corrected chi connectivity index (χ1v) is 5.39. The van der Waals surface area contributed by atoms with Crippen molar-refractivity contribution < 1.29 is 35.9 Å². The molecule has 0 aliphatic rings. The third-order valence-corrected chi connectivity index (χ3v) is 2.06. The summed E-state index contributed by atoms with van der Waals surface area (Å²) in [4.78, 5) is 10.7. The van der Waals surface area contributed by atoms with Gasteiger partial charge >= 0.3 is 12.5 Å². The molecular formula is C12H9F6NO2. The number of hydrogen-bond acceptors (Lipinski definition) is 3. The van der Waals surface area contributed by atoms with Crippen LogP contribution >= 0.6 is 0 Å². The molecular weight excluding hydrogens is 304 g/mol. The van der Waals surface area contributed by atoms with Crippen LogP contribution < -0.4 is 10.1 Å². The second-order valence-corrected chi connectivity index (χ2v) is 3.89. The predicted octanol–water partition coefficient (Wildman–Crippen LogP) is 4.03. The number of benzene rings is 1. The largest absolute Gasteiger partial charge is 0.573 e. The van der Waals surface area contributed by atoms with E-state index in [-0.39, 0.29) is 11.4 Å². The summed E-state index contributed by atoms with van der Waals surface area (Å²) in [5, 5.41) is 2.44. The average Bonchev–Trinajstić information content (AvgIpc) is 2.28. The van der Waals surface area contributed by atoms with E-state index < -0.39 is 24.1 Å². The van der Waals surface area contributed by atoms with Crippen molar-refractivity contribution in [1.29, 1.82) is 0 Å². The van der Waals surface area contributed by atoms with Crippen LogP contribution in [-0.4, -0.2) is 18.3 Å². The quantitative estimate of drug-likeness (QED) is 0.673. The lowest BCUT2D eigenvalue weighted by Gasteiger charge is -2.10. The van der Waals surface area contributed by atoms with Gasteiger partial charge in [0, 0.05) is 17.5 Å². The first-order chi connectivity index (χ1) is 9.47. The summed E-state index contributed by atoms with van der Waals surface area (Å²) in [7, 11) is 0. The van der Waals surface area contributed by atoms with Gasteiger partial charge in [0.2, 0.25) is 0 Å². The van der Waals surface area contributed by atoms with Crippen molar-refractivity contribution in [3.63, 3.8) is 0 Å². The molecule has 0 bridgehead atoms. The van der Waals surface area contributed by atoms with Crippen LogP contribution in [0.5, 0.6) is 5.75 Å². The molecule has 0 aromatic heterocycles. The van der Waals surface area contributed by atoms with E-state index in [2.05, 4.69) is 10.1 Å². The molecule has 3 nitrogen and oxygen atoms in total. The van der Waals surface area contributed by atoms with Crippen molar-refractivity contribution in [1.82, 2.24) is 0 Å². The topological polar surface area (TPSA) is 38.3 Å². The Bertz CT molecular complexity index is 530. The van der Waals surface area contributed by atoms with Crippen LogP contribution in [0.2, 0.25) is 0 Å². The molecule has 1 aromatic carbocycles. The van der Waals surface area contributed by atoms with E-state index in [9.17, 15) is 31.1 Å². The van der Waals surface area contributed by atoms with Crippen LogP contribution in [0.1, 0.15) is 6.92 Å². The van der Waals surface area contributed by atoms with E-state index in [0.717, 1.165) is 24.3 Å². The standard InChI is InChI=1S/C12H9F6NO2/c1-7(6-10(20)11(13,14)15)19-8-2-4-9(5-3-8)21-12(16,17)18/h2-6,19H,1H3. The van der Waals surface area contributed by atoms with Crippen molar-refractivity contribution in [3.05, 3.63) is 36.0 Å². The van der Waals surface area contributed by atoms with Gasteiger partial charge in [0.25, 0.3) is 5.78 Å². The van der Waals surface area contributed by atoms with Crippen LogP contribution in [0.25, 0.3) is 0 Å². The Morgan fingerprint density at radius 1 is 1.10 bits per heavy atom. The minimum Gasteiger partial charge on any atom is -0.406 e. The Kier molecular flexibility index (Phi) is 4.87. The fourth-order valence-electron chi connectivity index (χ4n) is 1.28. The lowest BCUT2D eigenvalue weighted by Crippen LogP contribution is -2.21. The highest BCUT2D eigenvalue weighted by molar-refractivity contribution is 5.95. The van der Waals surface area contributed by atoms with E-state index in [4.69, 9.17) is 0 Å². The molecule has 0 radical (unpaired) electrons. The molecule has 0 unspecified atom stereocenters. The smallest absolute Gasteiger partial charge is 0.406 e. The first kappa shape index (κ1) is 16.9. The SMILES string of the molecule is CC(=CC(=O)C(F)(F)F)Nc1ccc(OC(F)(F)F)cc1. The van der Waals surface area contributed by atoms with Crippen LogP contribution in [0.4, 0.5) is 32.0 Å². The number of carbonyl (C=O) groups excluding carboxylic acids is 1. The van der Waals surface area contributed by atoms with E-state index in [0.29, 0.717) is 6.08 Å². The van der Waals surface area contributed by atoms with E-state index in [1.54, 1.807) is 0 Å². The number of allylic oxidation sites excluding steroid dienone is 2. The van der Waals surface area contributed by atoms with Gasteiger partial charge in [-0.1, -0.05) is 0 Å². The summed E-state index contributed by atoms with van der Waals surface area (Å²) >= 11 is 0. The average molecular weight is 313 g/mol. The molecule has 116 valence electrons. The van der Waals surface area contributed by atoms with Crippen molar-refractivity contribution >= 4 is 11.5 Å². The lowest BCUT2D eigenvalue weighted by atomic mass is 10.2. The van der Waals surface area contributed by atoms with Gasteiger partial charge in [-0.2, -0.15) is 13.2 Å². The van der Waals surface area contributed by atoms with Gasteiger partial charge in [0.1, 0.15) is 5.75 Å². The summed E-state index contributed by atoms with van der Waals surface area (Å²) < 4.78 is 75.4. The number of carbonyl (C=O) groups is 1. The number of anilines is 1. The number of ether oxygens (including phenoxy) is 1. The molecule has 0 saturated carbocycles. The molecule has 0 atom stereocenters. The fraction of sp³-hybridized carbons (Fsp3) is 0.250. The number of hydrogen-bond donors (Lipinski definition) is 1. The van der Waals surface area contributed by atoms with Crippen LogP contribution in [0.15, 0.2) is 36.0 Å². The van der Waals surface area contributed by atoms with Crippen LogP contribution in [0.3, 0.4) is 0 Å². The molecule has 0 aliphatic heterocycles. The second-order valence-electron chi connectivity index (χ2n) is 3.89. The van der Waals surface area contributed by atoms with Crippen molar-refractivity contribution in [2.75, 3.05) is 5.32 Å². The van der Waals surface area contributed by atoms with Crippen molar-refractivity contribution in [2.24, 2.45) is 0 Å². The Morgan fingerprint density at radius 3 is 2.05 bits per heavy atom. The summed E-state index contributed by atoms with van der Waals surface area (Å²) in [6, 6.07) is 4.29. The summed E-state index contributed by atoms with van der Waals surface area (Å²) in [5.41, 5.74) is 0.0927. The number of nitrogens with one attached hydrogen (secondary N) is 1. The molecule has 0 spiro atoms. The van der Waals surface area contributed by atoms with Gasteiger partial charge < -0.3 is 10.1 Å². The van der Waals surface area contributed by atoms with E-state index >= 15 is 0 Å². The van der Waals surface area contributed by atoms with Gasteiger partial charge in [0.05, 0.1) is 0 Å². The van der Waals surface area contributed by atoms with Gasteiger partial charge in [-0.15, -0.1) is 13.2 Å². The van der Waals surface area contributed by atoms with E-state index in [1.165, 1.54) is 6.92 Å². The predicted molar refractivity (Wildman–Crippen MR) is 61.6 cm³/mol. The minimum absolute atomic E-state index is 0.109. The molecule has 0 saturated heterocycles. The molecule has 0 heterocycles. The highest BCUT2D eigenvalue weighted by atomic mass is 19.4. The Morgan fingerprint density at radius 2 is 1.62 bits per heavy atom. The lowest BCUT2D eigenvalue weighted by molar-refractivity contribution is -0.274. The monoisotopic (exact) mass is 313 g/mol. The summed E-state index contributed by atoms with van der Waals surface area (Å²) in [6.45, 7) is 1.21. The zero-order chi connectivity index (χ0) is 16.3. The molecule has 9 heteroatoms. The van der Waals surface area contributed by atoms with Crippen molar-refractivity contribution in [2.45, 2.75) is 19.5 Å². The fourth-order valence-corrected chi connectivity index (χ4v) is 1.28. The third-order valence-electron chi connectivity index (χ3n) is 2.06. The van der Waals surface area contributed by atoms with Gasteiger partial charge in [-0.3, -0.25) is 4.79 Å². The number of ketones is 1. The molecule has 0 amide bonds. The van der Waals surface area contributed by atoms with Crippen molar-refractivity contribution in [3.8, 4) is 5.75 Å². The Labute approximate surface area is 115 Å². The molecule has 1 aromatic rings. The molecule has 0 aliphatic carbocycles. The van der Waals surface area contributed by atoms with Crippen LogP contribution in [-0.2, 0) is 4.79 Å². The molecule has 1 N–H and O–H groups in total. The Balaban J connectivity index is 2.72. The molecule has 1 rings (SSSR count). The maximum Gasteiger partial charge on any atom is 0.573 e. The van der Waals surface area contributed by atoms with E-state index in [1.807, 2.05) is 0 Å². The summed E-state index contributed by atoms with van der Waals surface area (Å²) in [5.74, 6) is -2.51. The van der Waals surface area contributed by atoms with Gasteiger partial charge in [-0.05, 0) is 31.2 Å². The normalized spacial score (nSPS) is 13.0. The second kappa shape index (κ2) is 6.06. The number of halogens is 6. The zero-order valence-electron chi connectivity index (χ0n) is 10.5. The number of alkyl halides is 6. The van der Waals surface area contributed by atoms with Gasteiger partial charge in [-0.25, -0.2) is 0 Å². The highest BCUT2D eigenvalue weighted by Gasteiger charge is 2.36. The number of rotatable bonds is 4.